The summed E-state index contributed by atoms with van der Waals surface area (Å²) in [5, 5.41) is 11.1. The van der Waals surface area contributed by atoms with Gasteiger partial charge >= 0.3 is 0 Å². The van der Waals surface area contributed by atoms with Crippen LogP contribution in [0.15, 0.2) is 42.5 Å². The number of benzene rings is 2. The molecule has 2 amide bonds. The van der Waals surface area contributed by atoms with Gasteiger partial charge in [0.05, 0.1) is 0 Å². The number of rotatable bonds is 4. The summed E-state index contributed by atoms with van der Waals surface area (Å²) in [4.78, 5) is 28.5. The highest BCUT2D eigenvalue weighted by molar-refractivity contribution is 6.30. The highest BCUT2D eigenvalue weighted by Crippen LogP contribution is 2.16. The quantitative estimate of drug-likeness (QED) is 0.724. The number of nitrogens with zero attached hydrogens (tertiary/aromatic N) is 4. The molecule has 0 radical (unpaired) electrons. The van der Waals surface area contributed by atoms with E-state index in [-0.39, 0.29) is 18.4 Å². The molecule has 144 valence electrons. The number of carbonyl (C=O) groups is 2. The first-order valence-electron chi connectivity index (χ1n) is 8.86. The minimum Gasteiger partial charge on any atom is -0.484 e. The maximum absolute atomic E-state index is 12.7. The molecular formula is C19H18ClN5O3. The number of piperazine rings is 1. The number of hydrogen-bond donors (Lipinski definition) is 1. The second-order valence-electron chi connectivity index (χ2n) is 6.44. The Balaban J connectivity index is 1.30. The van der Waals surface area contributed by atoms with Gasteiger partial charge in [0, 0.05) is 36.8 Å². The largest absolute Gasteiger partial charge is 0.484 e. The third-order valence-corrected chi connectivity index (χ3v) is 4.91. The normalized spacial score (nSPS) is 14.3. The van der Waals surface area contributed by atoms with Gasteiger partial charge in [-0.25, -0.2) is 0 Å². The summed E-state index contributed by atoms with van der Waals surface area (Å²) < 4.78 is 5.51. The van der Waals surface area contributed by atoms with Crippen LogP contribution in [0.1, 0.15) is 10.4 Å². The van der Waals surface area contributed by atoms with Gasteiger partial charge in [-0.15, -0.1) is 0 Å². The fourth-order valence-corrected chi connectivity index (χ4v) is 3.21. The highest BCUT2D eigenvalue weighted by Gasteiger charge is 2.25. The molecule has 2 aromatic carbocycles. The van der Waals surface area contributed by atoms with Crippen LogP contribution < -0.4 is 4.74 Å². The van der Waals surface area contributed by atoms with E-state index in [1.807, 2.05) is 0 Å². The van der Waals surface area contributed by atoms with E-state index in [1.165, 1.54) is 0 Å². The smallest absolute Gasteiger partial charge is 0.260 e. The lowest BCUT2D eigenvalue weighted by molar-refractivity contribution is -0.134. The fraction of sp³-hybridized carbons (Fsp3) is 0.263. The van der Waals surface area contributed by atoms with E-state index in [1.54, 1.807) is 52.3 Å². The molecule has 1 N–H and O–H groups in total. The SMILES string of the molecule is O=C(COc1ccc(Cl)cc1)N1CCN(C(=O)c2ccc3n[nH]nc3c2)CC1. The zero-order chi connectivity index (χ0) is 19.5. The van der Waals surface area contributed by atoms with Gasteiger partial charge < -0.3 is 14.5 Å². The molecule has 4 rings (SSSR count). The van der Waals surface area contributed by atoms with E-state index in [9.17, 15) is 9.59 Å². The second kappa shape index (κ2) is 7.85. The molecule has 1 aromatic heterocycles. The van der Waals surface area contributed by atoms with E-state index in [0.29, 0.717) is 53.5 Å². The monoisotopic (exact) mass is 399 g/mol. The van der Waals surface area contributed by atoms with Crippen LogP contribution in [-0.2, 0) is 4.79 Å². The van der Waals surface area contributed by atoms with E-state index in [2.05, 4.69) is 15.4 Å². The number of H-pyrrole nitrogens is 1. The van der Waals surface area contributed by atoms with Crippen molar-refractivity contribution in [3.63, 3.8) is 0 Å². The number of fused-ring (bicyclic) bond motifs is 1. The third-order valence-electron chi connectivity index (χ3n) is 4.66. The Labute approximate surface area is 166 Å². The average Bonchev–Trinajstić information content (AvgIpc) is 3.20. The second-order valence-corrected chi connectivity index (χ2v) is 6.88. The molecule has 1 fully saturated rings. The lowest BCUT2D eigenvalue weighted by atomic mass is 10.1. The van der Waals surface area contributed by atoms with Crippen molar-refractivity contribution >= 4 is 34.4 Å². The van der Waals surface area contributed by atoms with Crippen molar-refractivity contribution in [2.75, 3.05) is 32.8 Å². The molecule has 2 heterocycles. The van der Waals surface area contributed by atoms with E-state index < -0.39 is 0 Å². The topological polar surface area (TPSA) is 91.4 Å². The van der Waals surface area contributed by atoms with Crippen LogP contribution >= 0.6 is 11.6 Å². The number of aromatic nitrogens is 3. The van der Waals surface area contributed by atoms with Crippen molar-refractivity contribution in [2.24, 2.45) is 0 Å². The van der Waals surface area contributed by atoms with Gasteiger partial charge in [0.15, 0.2) is 6.61 Å². The molecule has 0 unspecified atom stereocenters. The summed E-state index contributed by atoms with van der Waals surface area (Å²) >= 11 is 5.83. The summed E-state index contributed by atoms with van der Waals surface area (Å²) in [5.41, 5.74) is 1.93. The molecule has 9 heteroatoms. The fourth-order valence-electron chi connectivity index (χ4n) is 3.08. The summed E-state index contributed by atoms with van der Waals surface area (Å²) in [5.74, 6) is 0.412. The highest BCUT2D eigenvalue weighted by atomic mass is 35.5. The Morgan fingerprint density at radius 1 is 0.964 bits per heavy atom. The molecule has 0 aliphatic carbocycles. The molecule has 3 aromatic rings. The van der Waals surface area contributed by atoms with E-state index >= 15 is 0 Å². The van der Waals surface area contributed by atoms with Crippen LogP contribution in [0, 0.1) is 0 Å². The van der Waals surface area contributed by atoms with Crippen LogP contribution in [0.5, 0.6) is 5.75 Å². The lowest BCUT2D eigenvalue weighted by Crippen LogP contribution is -2.51. The first-order chi connectivity index (χ1) is 13.6. The van der Waals surface area contributed by atoms with Crippen molar-refractivity contribution in [3.05, 3.63) is 53.1 Å². The predicted octanol–water partition coefficient (Wildman–Crippen LogP) is 1.97. The molecule has 0 spiro atoms. The molecular weight excluding hydrogens is 382 g/mol. The number of hydrogen-bond acceptors (Lipinski definition) is 5. The molecule has 0 saturated carbocycles. The number of aromatic amines is 1. The van der Waals surface area contributed by atoms with Gasteiger partial charge in [-0.3, -0.25) is 9.59 Å². The summed E-state index contributed by atoms with van der Waals surface area (Å²) in [6.45, 7) is 1.85. The Hall–Kier alpha value is -3.13. The van der Waals surface area contributed by atoms with Crippen molar-refractivity contribution < 1.29 is 14.3 Å². The van der Waals surface area contributed by atoms with Crippen LogP contribution in [0.25, 0.3) is 11.0 Å². The predicted molar refractivity (Wildman–Crippen MR) is 103 cm³/mol. The van der Waals surface area contributed by atoms with Crippen LogP contribution in [-0.4, -0.2) is 69.8 Å². The van der Waals surface area contributed by atoms with Crippen molar-refractivity contribution in [1.82, 2.24) is 25.2 Å². The average molecular weight is 400 g/mol. The van der Waals surface area contributed by atoms with E-state index in [4.69, 9.17) is 16.3 Å². The standard InChI is InChI=1S/C19H18ClN5O3/c20-14-2-4-15(5-3-14)28-12-18(26)24-7-9-25(10-8-24)19(27)13-1-6-16-17(11-13)22-23-21-16/h1-6,11H,7-10,12H2,(H,21,22,23). The summed E-state index contributed by atoms with van der Waals surface area (Å²) in [7, 11) is 0. The molecule has 0 atom stereocenters. The van der Waals surface area contributed by atoms with Crippen molar-refractivity contribution in [2.45, 2.75) is 0 Å². The van der Waals surface area contributed by atoms with Crippen LogP contribution in [0.2, 0.25) is 5.02 Å². The Bertz CT molecular complexity index is 996. The van der Waals surface area contributed by atoms with Gasteiger partial charge in [-0.1, -0.05) is 11.6 Å². The van der Waals surface area contributed by atoms with Gasteiger partial charge in [-0.05, 0) is 42.5 Å². The zero-order valence-electron chi connectivity index (χ0n) is 15.0. The minimum atomic E-state index is -0.105. The van der Waals surface area contributed by atoms with Gasteiger partial charge in [0.2, 0.25) is 0 Å². The first kappa shape index (κ1) is 18.2. The number of ether oxygens (including phenoxy) is 1. The summed E-state index contributed by atoms with van der Waals surface area (Å²) in [6.07, 6.45) is 0. The first-order valence-corrected chi connectivity index (χ1v) is 9.24. The Morgan fingerprint density at radius 3 is 2.39 bits per heavy atom. The van der Waals surface area contributed by atoms with Gasteiger partial charge in [-0.2, -0.15) is 15.4 Å². The number of halogens is 1. The lowest BCUT2D eigenvalue weighted by Gasteiger charge is -2.34. The Morgan fingerprint density at radius 2 is 1.64 bits per heavy atom. The molecule has 1 aliphatic heterocycles. The number of nitrogens with one attached hydrogen (secondary N) is 1. The van der Waals surface area contributed by atoms with Gasteiger partial charge in [0.1, 0.15) is 16.8 Å². The molecule has 1 aliphatic rings. The van der Waals surface area contributed by atoms with Gasteiger partial charge in [0.25, 0.3) is 11.8 Å². The maximum Gasteiger partial charge on any atom is 0.260 e. The number of carbonyl (C=O) groups excluding carboxylic acids is 2. The third kappa shape index (κ3) is 3.91. The van der Waals surface area contributed by atoms with Crippen LogP contribution in [0.3, 0.4) is 0 Å². The van der Waals surface area contributed by atoms with E-state index in [0.717, 1.165) is 0 Å². The number of amides is 2. The minimum absolute atomic E-state index is 0.0432. The molecule has 0 bridgehead atoms. The van der Waals surface area contributed by atoms with Crippen LogP contribution in [0.4, 0.5) is 0 Å². The summed E-state index contributed by atoms with van der Waals surface area (Å²) in [6, 6.07) is 12.1. The Kier molecular flexibility index (Phi) is 5.12. The molecule has 8 nitrogen and oxygen atoms in total. The zero-order valence-corrected chi connectivity index (χ0v) is 15.7. The van der Waals surface area contributed by atoms with Crippen molar-refractivity contribution in [1.29, 1.82) is 0 Å². The van der Waals surface area contributed by atoms with Crippen molar-refractivity contribution in [3.8, 4) is 5.75 Å². The molecule has 1 saturated heterocycles. The maximum atomic E-state index is 12.7. The molecule has 28 heavy (non-hydrogen) atoms.